The van der Waals surface area contributed by atoms with Gasteiger partial charge in [0, 0.05) is 42.0 Å². The Morgan fingerprint density at radius 2 is 1.75 bits per heavy atom. The van der Waals surface area contributed by atoms with Crippen LogP contribution in [-0.4, -0.2) is 37.1 Å². The van der Waals surface area contributed by atoms with Crippen molar-refractivity contribution < 1.29 is 4.79 Å². The number of amides is 2. The first kappa shape index (κ1) is 16.8. The molecule has 0 unspecified atom stereocenters. The molecule has 5 heteroatoms. The summed E-state index contributed by atoms with van der Waals surface area (Å²) in [4.78, 5) is 16.7. The molecule has 0 bridgehead atoms. The van der Waals surface area contributed by atoms with Gasteiger partial charge in [0.1, 0.15) is 0 Å². The lowest BCUT2D eigenvalue weighted by Gasteiger charge is -2.37. The Kier molecular flexibility index (Phi) is 5.09. The summed E-state index contributed by atoms with van der Waals surface area (Å²) in [5.74, 6) is 0. The van der Waals surface area contributed by atoms with Crippen molar-refractivity contribution in [1.29, 1.82) is 0 Å². The molecular formula is C19H22BrN3O. The van der Waals surface area contributed by atoms with E-state index in [1.807, 2.05) is 29.2 Å². The molecule has 1 saturated heterocycles. The van der Waals surface area contributed by atoms with Gasteiger partial charge in [0.2, 0.25) is 0 Å². The Balaban J connectivity index is 1.60. The molecule has 24 heavy (non-hydrogen) atoms. The van der Waals surface area contributed by atoms with Crippen molar-refractivity contribution in [2.45, 2.75) is 13.8 Å². The number of hydrogen-bond donors (Lipinski definition) is 1. The van der Waals surface area contributed by atoms with Crippen LogP contribution >= 0.6 is 15.9 Å². The smallest absolute Gasteiger partial charge is 0.321 e. The molecular weight excluding hydrogens is 366 g/mol. The summed E-state index contributed by atoms with van der Waals surface area (Å²) in [5, 5.41) is 2.97. The lowest BCUT2D eigenvalue weighted by molar-refractivity contribution is 0.208. The summed E-state index contributed by atoms with van der Waals surface area (Å²) in [6.45, 7) is 7.48. The Hall–Kier alpha value is -2.01. The predicted octanol–water partition coefficient (Wildman–Crippen LogP) is 4.42. The third-order valence-electron chi connectivity index (χ3n) is 4.56. The summed E-state index contributed by atoms with van der Waals surface area (Å²) < 4.78 is 0.958. The van der Waals surface area contributed by atoms with Crippen LogP contribution in [-0.2, 0) is 0 Å². The van der Waals surface area contributed by atoms with Gasteiger partial charge in [0.05, 0.1) is 0 Å². The second kappa shape index (κ2) is 7.26. The van der Waals surface area contributed by atoms with Gasteiger partial charge in [-0.25, -0.2) is 4.79 Å². The van der Waals surface area contributed by atoms with E-state index in [0.29, 0.717) is 0 Å². The Labute approximate surface area is 151 Å². The van der Waals surface area contributed by atoms with Gasteiger partial charge in [0.15, 0.2) is 0 Å². The second-order valence-corrected chi connectivity index (χ2v) is 7.05. The molecule has 1 fully saturated rings. The SMILES string of the molecule is Cc1cccc(N2CCN(C(=O)Nc3cccc(Br)c3)CC2)c1C. The van der Waals surface area contributed by atoms with Crippen LogP contribution in [0.3, 0.4) is 0 Å². The highest BCUT2D eigenvalue weighted by molar-refractivity contribution is 9.10. The largest absolute Gasteiger partial charge is 0.368 e. The second-order valence-electron chi connectivity index (χ2n) is 6.13. The van der Waals surface area contributed by atoms with Gasteiger partial charge in [-0.3, -0.25) is 0 Å². The van der Waals surface area contributed by atoms with Gasteiger partial charge in [-0.1, -0.05) is 34.1 Å². The zero-order chi connectivity index (χ0) is 17.1. The van der Waals surface area contributed by atoms with Gasteiger partial charge in [0.25, 0.3) is 0 Å². The maximum atomic E-state index is 12.4. The van der Waals surface area contributed by atoms with E-state index in [1.165, 1.54) is 16.8 Å². The number of carbonyl (C=O) groups is 1. The minimum Gasteiger partial charge on any atom is -0.368 e. The standard InChI is InChI=1S/C19H22BrN3O/c1-14-5-3-8-18(15(14)2)22-9-11-23(12-10-22)19(24)21-17-7-4-6-16(20)13-17/h3-8,13H,9-12H2,1-2H3,(H,21,24). The first-order valence-corrected chi connectivity index (χ1v) is 8.96. The number of aryl methyl sites for hydroxylation is 1. The number of nitrogens with zero attached hydrogens (tertiary/aromatic N) is 2. The molecule has 2 amide bonds. The third kappa shape index (κ3) is 3.73. The summed E-state index contributed by atoms with van der Waals surface area (Å²) in [7, 11) is 0. The van der Waals surface area contributed by atoms with Gasteiger partial charge in [-0.2, -0.15) is 0 Å². The summed E-state index contributed by atoms with van der Waals surface area (Å²) in [5.41, 5.74) is 4.72. The lowest BCUT2D eigenvalue weighted by Crippen LogP contribution is -2.50. The van der Waals surface area contributed by atoms with Crippen molar-refractivity contribution in [1.82, 2.24) is 4.90 Å². The number of halogens is 1. The predicted molar refractivity (Wildman–Crippen MR) is 103 cm³/mol. The highest BCUT2D eigenvalue weighted by Gasteiger charge is 2.22. The van der Waals surface area contributed by atoms with Crippen LogP contribution in [0.15, 0.2) is 46.9 Å². The van der Waals surface area contributed by atoms with E-state index in [-0.39, 0.29) is 6.03 Å². The molecule has 1 heterocycles. The molecule has 3 rings (SSSR count). The number of carbonyl (C=O) groups excluding carboxylic acids is 1. The summed E-state index contributed by atoms with van der Waals surface area (Å²) >= 11 is 3.42. The number of nitrogens with one attached hydrogen (secondary N) is 1. The van der Waals surface area contributed by atoms with Crippen LogP contribution < -0.4 is 10.2 Å². The molecule has 0 aromatic heterocycles. The number of rotatable bonds is 2. The zero-order valence-electron chi connectivity index (χ0n) is 14.1. The molecule has 0 aliphatic carbocycles. The van der Waals surface area contributed by atoms with Crippen LogP contribution in [0.25, 0.3) is 0 Å². The molecule has 1 aliphatic heterocycles. The van der Waals surface area contributed by atoms with Crippen LogP contribution in [0.2, 0.25) is 0 Å². The molecule has 1 aliphatic rings. The quantitative estimate of drug-likeness (QED) is 0.827. The molecule has 4 nitrogen and oxygen atoms in total. The van der Waals surface area contributed by atoms with Crippen molar-refractivity contribution in [3.63, 3.8) is 0 Å². The van der Waals surface area contributed by atoms with Crippen LogP contribution in [0.1, 0.15) is 11.1 Å². The highest BCUT2D eigenvalue weighted by atomic mass is 79.9. The topological polar surface area (TPSA) is 35.6 Å². The van der Waals surface area contributed by atoms with Crippen molar-refractivity contribution in [2.24, 2.45) is 0 Å². The molecule has 1 N–H and O–H groups in total. The first-order valence-electron chi connectivity index (χ1n) is 8.17. The minimum absolute atomic E-state index is 0.0336. The van der Waals surface area contributed by atoms with E-state index in [0.717, 1.165) is 36.3 Å². The van der Waals surface area contributed by atoms with Gasteiger partial charge in [-0.05, 0) is 49.2 Å². The third-order valence-corrected chi connectivity index (χ3v) is 5.05. The number of urea groups is 1. The number of hydrogen-bond acceptors (Lipinski definition) is 2. The van der Waals surface area contributed by atoms with Gasteiger partial charge < -0.3 is 15.1 Å². The van der Waals surface area contributed by atoms with Crippen LogP contribution in [0.5, 0.6) is 0 Å². The van der Waals surface area contributed by atoms with E-state index in [9.17, 15) is 4.79 Å². The van der Waals surface area contributed by atoms with Crippen LogP contribution in [0.4, 0.5) is 16.2 Å². The fraction of sp³-hybridized carbons (Fsp3) is 0.316. The molecule has 0 atom stereocenters. The molecule has 126 valence electrons. The highest BCUT2D eigenvalue weighted by Crippen LogP contribution is 2.24. The Morgan fingerprint density at radius 1 is 1.04 bits per heavy atom. The van der Waals surface area contributed by atoms with Crippen LogP contribution in [0, 0.1) is 13.8 Å². The van der Waals surface area contributed by atoms with Crippen molar-refractivity contribution in [2.75, 3.05) is 36.4 Å². The molecule has 2 aromatic carbocycles. The van der Waals surface area contributed by atoms with E-state index in [1.54, 1.807) is 0 Å². The Morgan fingerprint density at radius 3 is 2.46 bits per heavy atom. The van der Waals surface area contributed by atoms with E-state index in [2.05, 4.69) is 58.2 Å². The van der Waals surface area contributed by atoms with E-state index >= 15 is 0 Å². The van der Waals surface area contributed by atoms with Gasteiger partial charge in [-0.15, -0.1) is 0 Å². The maximum Gasteiger partial charge on any atom is 0.321 e. The molecule has 0 radical (unpaired) electrons. The fourth-order valence-corrected chi connectivity index (χ4v) is 3.40. The fourth-order valence-electron chi connectivity index (χ4n) is 3.00. The average molecular weight is 388 g/mol. The van der Waals surface area contributed by atoms with Crippen molar-refractivity contribution >= 4 is 33.3 Å². The summed E-state index contributed by atoms with van der Waals surface area (Å²) in [6, 6.07) is 14.0. The van der Waals surface area contributed by atoms with Crippen molar-refractivity contribution in [3.05, 3.63) is 58.1 Å². The minimum atomic E-state index is -0.0336. The molecule has 0 saturated carbocycles. The van der Waals surface area contributed by atoms with Gasteiger partial charge >= 0.3 is 6.03 Å². The van der Waals surface area contributed by atoms with E-state index < -0.39 is 0 Å². The molecule has 2 aromatic rings. The first-order chi connectivity index (χ1) is 11.5. The summed E-state index contributed by atoms with van der Waals surface area (Å²) in [6.07, 6.45) is 0. The molecule has 0 spiro atoms. The number of piperazine rings is 1. The lowest BCUT2D eigenvalue weighted by atomic mass is 10.1. The normalized spacial score (nSPS) is 14.6. The van der Waals surface area contributed by atoms with E-state index in [4.69, 9.17) is 0 Å². The zero-order valence-corrected chi connectivity index (χ0v) is 15.6. The van der Waals surface area contributed by atoms with Crippen molar-refractivity contribution in [3.8, 4) is 0 Å². The number of benzene rings is 2. The Bertz CT molecular complexity index is 739. The average Bonchev–Trinajstić information content (AvgIpc) is 2.57. The number of anilines is 2. The monoisotopic (exact) mass is 387 g/mol. The maximum absolute atomic E-state index is 12.4.